The van der Waals surface area contributed by atoms with Gasteiger partial charge in [-0.25, -0.2) is 4.79 Å². The summed E-state index contributed by atoms with van der Waals surface area (Å²) in [5, 5.41) is 0. The second kappa shape index (κ2) is 4.24. The predicted octanol–water partition coefficient (Wildman–Crippen LogP) is 1.56. The Balaban J connectivity index is 2.45. The average Bonchev–Trinajstić information content (AvgIpc) is 2.52. The number of aliphatic imine (C=N–C) groups is 1. The molecule has 3 heteroatoms. The summed E-state index contributed by atoms with van der Waals surface area (Å²) < 4.78 is 4.87. The van der Waals surface area contributed by atoms with Crippen LogP contribution in [-0.2, 0) is 9.53 Å². The zero-order valence-corrected chi connectivity index (χ0v) is 7.67. The molecule has 0 aromatic rings. The molecule has 1 aliphatic rings. The minimum absolute atomic E-state index is 0.166. The molecule has 0 saturated heterocycles. The highest BCUT2D eigenvalue weighted by molar-refractivity contribution is 5.90. The van der Waals surface area contributed by atoms with E-state index in [2.05, 4.69) is 11.9 Å². The minimum Gasteiger partial charge on any atom is -0.464 e. The molecule has 0 aliphatic carbocycles. The summed E-state index contributed by atoms with van der Waals surface area (Å²) in [6.45, 7) is 4.33. The molecule has 0 unspecified atom stereocenters. The molecular weight excluding hydrogens is 154 g/mol. The van der Waals surface area contributed by atoms with E-state index in [-0.39, 0.29) is 12.0 Å². The zero-order valence-electron chi connectivity index (χ0n) is 7.67. The highest BCUT2D eigenvalue weighted by atomic mass is 16.5. The molecule has 0 aromatic heterocycles. The third-order valence-electron chi connectivity index (χ3n) is 2.01. The van der Waals surface area contributed by atoms with Gasteiger partial charge in [0.2, 0.25) is 0 Å². The van der Waals surface area contributed by atoms with Gasteiger partial charge in [-0.15, -0.1) is 0 Å². The van der Waals surface area contributed by atoms with Crippen molar-refractivity contribution < 1.29 is 9.53 Å². The van der Waals surface area contributed by atoms with Crippen LogP contribution in [0.1, 0.15) is 33.1 Å². The van der Waals surface area contributed by atoms with Crippen LogP contribution in [0.4, 0.5) is 0 Å². The Labute approximate surface area is 72.8 Å². The molecule has 0 amide bonds. The van der Waals surface area contributed by atoms with Crippen LogP contribution in [0.2, 0.25) is 0 Å². The van der Waals surface area contributed by atoms with Crippen molar-refractivity contribution in [3.63, 3.8) is 0 Å². The number of hydrogen-bond donors (Lipinski definition) is 0. The Bertz CT molecular complexity index is 199. The molecule has 1 rings (SSSR count). The molecule has 0 spiro atoms. The van der Waals surface area contributed by atoms with Crippen molar-refractivity contribution in [3.8, 4) is 0 Å². The number of rotatable bonds is 3. The molecule has 68 valence electrons. The second-order valence-corrected chi connectivity index (χ2v) is 2.86. The highest BCUT2D eigenvalue weighted by Gasteiger charge is 2.24. The van der Waals surface area contributed by atoms with Crippen LogP contribution in [0.25, 0.3) is 0 Å². The maximum Gasteiger partial charge on any atom is 0.330 e. The predicted molar refractivity (Wildman–Crippen MR) is 47.4 cm³/mol. The summed E-state index contributed by atoms with van der Waals surface area (Å²) in [7, 11) is 0. The fraction of sp³-hybridized carbons (Fsp3) is 0.778. The van der Waals surface area contributed by atoms with Crippen molar-refractivity contribution in [2.45, 2.75) is 39.2 Å². The van der Waals surface area contributed by atoms with Gasteiger partial charge in [0.25, 0.3) is 0 Å². The SMILES string of the molecule is CCOC(=O)[C@@H]1CCC(CC)=N1. The molecule has 12 heavy (non-hydrogen) atoms. The van der Waals surface area contributed by atoms with Gasteiger partial charge in [0.05, 0.1) is 6.61 Å². The van der Waals surface area contributed by atoms with Crippen molar-refractivity contribution in [1.82, 2.24) is 0 Å². The van der Waals surface area contributed by atoms with Crippen molar-refractivity contribution in [2.75, 3.05) is 6.61 Å². The summed E-state index contributed by atoms with van der Waals surface area (Å²) in [6.07, 6.45) is 2.75. The van der Waals surface area contributed by atoms with E-state index in [1.807, 2.05) is 6.92 Å². The molecule has 1 heterocycles. The number of esters is 1. The quantitative estimate of drug-likeness (QED) is 0.601. The largest absolute Gasteiger partial charge is 0.464 e. The first kappa shape index (κ1) is 9.23. The summed E-state index contributed by atoms with van der Waals surface area (Å²) in [5.41, 5.74) is 1.15. The van der Waals surface area contributed by atoms with Crippen LogP contribution in [0.5, 0.6) is 0 Å². The zero-order chi connectivity index (χ0) is 8.97. The number of ether oxygens (including phenoxy) is 1. The number of carbonyl (C=O) groups excluding carboxylic acids is 1. The Hall–Kier alpha value is -0.860. The third kappa shape index (κ3) is 2.06. The summed E-state index contributed by atoms with van der Waals surface area (Å²) in [5.74, 6) is -0.166. The molecule has 3 nitrogen and oxygen atoms in total. The number of carbonyl (C=O) groups is 1. The smallest absolute Gasteiger partial charge is 0.330 e. The molecule has 0 saturated carbocycles. The van der Waals surface area contributed by atoms with Gasteiger partial charge >= 0.3 is 5.97 Å². The second-order valence-electron chi connectivity index (χ2n) is 2.86. The van der Waals surface area contributed by atoms with Crippen molar-refractivity contribution in [2.24, 2.45) is 4.99 Å². The van der Waals surface area contributed by atoms with Crippen LogP contribution in [0.15, 0.2) is 4.99 Å². The van der Waals surface area contributed by atoms with E-state index in [9.17, 15) is 4.79 Å². The molecule has 0 radical (unpaired) electrons. The lowest BCUT2D eigenvalue weighted by atomic mass is 10.1. The normalized spacial score (nSPS) is 22.2. The van der Waals surface area contributed by atoms with Crippen molar-refractivity contribution in [1.29, 1.82) is 0 Å². The maximum atomic E-state index is 11.2. The van der Waals surface area contributed by atoms with Gasteiger partial charge in [0, 0.05) is 5.71 Å². The van der Waals surface area contributed by atoms with Gasteiger partial charge in [0.1, 0.15) is 6.04 Å². The van der Waals surface area contributed by atoms with Gasteiger partial charge in [-0.3, -0.25) is 4.99 Å². The Morgan fingerprint density at radius 1 is 1.67 bits per heavy atom. The molecule has 0 fully saturated rings. The summed E-state index contributed by atoms with van der Waals surface area (Å²) in [4.78, 5) is 15.4. The Kier molecular flexibility index (Phi) is 3.26. The van der Waals surface area contributed by atoms with Gasteiger partial charge in [0.15, 0.2) is 0 Å². The maximum absolute atomic E-state index is 11.2. The van der Waals surface area contributed by atoms with E-state index >= 15 is 0 Å². The van der Waals surface area contributed by atoms with Gasteiger partial charge in [-0.1, -0.05) is 6.92 Å². The van der Waals surface area contributed by atoms with E-state index < -0.39 is 0 Å². The molecule has 1 aliphatic heterocycles. The number of nitrogens with zero attached hydrogens (tertiary/aromatic N) is 1. The standard InChI is InChI=1S/C9H15NO2/c1-3-7-5-6-8(10-7)9(11)12-4-2/h8H,3-6H2,1-2H3/t8-/m0/s1. The van der Waals surface area contributed by atoms with Gasteiger partial charge in [-0.05, 0) is 26.2 Å². The topological polar surface area (TPSA) is 38.7 Å². The van der Waals surface area contributed by atoms with Crippen LogP contribution in [0, 0.1) is 0 Å². The highest BCUT2D eigenvalue weighted by Crippen LogP contribution is 2.16. The first-order valence-corrected chi connectivity index (χ1v) is 4.50. The average molecular weight is 169 g/mol. The Morgan fingerprint density at radius 2 is 2.42 bits per heavy atom. The lowest BCUT2D eigenvalue weighted by Gasteiger charge is -2.04. The molecular formula is C9H15NO2. The van der Waals surface area contributed by atoms with Crippen LogP contribution >= 0.6 is 0 Å². The van der Waals surface area contributed by atoms with Crippen LogP contribution in [-0.4, -0.2) is 24.3 Å². The third-order valence-corrected chi connectivity index (χ3v) is 2.01. The van der Waals surface area contributed by atoms with E-state index in [0.717, 1.165) is 25.0 Å². The lowest BCUT2D eigenvalue weighted by Crippen LogP contribution is -2.18. The van der Waals surface area contributed by atoms with Gasteiger partial charge in [-0.2, -0.15) is 0 Å². The molecule has 0 N–H and O–H groups in total. The molecule has 0 bridgehead atoms. The van der Waals surface area contributed by atoms with Crippen LogP contribution in [0.3, 0.4) is 0 Å². The first-order valence-electron chi connectivity index (χ1n) is 4.50. The van der Waals surface area contributed by atoms with E-state index in [4.69, 9.17) is 4.74 Å². The molecule has 1 atom stereocenters. The van der Waals surface area contributed by atoms with Crippen molar-refractivity contribution in [3.05, 3.63) is 0 Å². The van der Waals surface area contributed by atoms with E-state index in [1.54, 1.807) is 0 Å². The fourth-order valence-corrected chi connectivity index (χ4v) is 1.33. The minimum atomic E-state index is -0.208. The Morgan fingerprint density at radius 3 is 2.92 bits per heavy atom. The lowest BCUT2D eigenvalue weighted by molar-refractivity contribution is -0.144. The van der Waals surface area contributed by atoms with Gasteiger partial charge < -0.3 is 4.74 Å². The van der Waals surface area contributed by atoms with Crippen LogP contribution < -0.4 is 0 Å². The van der Waals surface area contributed by atoms with E-state index in [0.29, 0.717) is 6.61 Å². The van der Waals surface area contributed by atoms with E-state index in [1.165, 1.54) is 0 Å². The van der Waals surface area contributed by atoms with Crippen molar-refractivity contribution >= 4 is 11.7 Å². The number of hydrogen-bond acceptors (Lipinski definition) is 3. The fourth-order valence-electron chi connectivity index (χ4n) is 1.33. The molecule has 0 aromatic carbocycles. The first-order chi connectivity index (χ1) is 5.77. The summed E-state index contributed by atoms with van der Waals surface area (Å²) in [6, 6.07) is -0.208. The monoisotopic (exact) mass is 169 g/mol. The summed E-state index contributed by atoms with van der Waals surface area (Å²) >= 11 is 0.